The van der Waals surface area contributed by atoms with Gasteiger partial charge >= 0.3 is 5.97 Å². The molecule has 0 aliphatic rings. The number of thiazole rings is 1. The highest BCUT2D eigenvalue weighted by Gasteiger charge is 2.15. The predicted octanol–water partition coefficient (Wildman–Crippen LogP) is 5.47. The molecule has 0 saturated heterocycles. The minimum atomic E-state index is -0.241. The second kappa shape index (κ2) is 8.63. The number of nitrogens with zero attached hydrogens (tertiary/aromatic N) is 3. The zero-order valence-corrected chi connectivity index (χ0v) is 19.5. The normalized spacial score (nSPS) is 11.3. The number of imidazole rings is 1. The van der Waals surface area contributed by atoms with Crippen LogP contribution in [0.3, 0.4) is 0 Å². The molecule has 160 valence electrons. The van der Waals surface area contributed by atoms with Crippen molar-refractivity contribution in [2.24, 2.45) is 7.05 Å². The second-order valence-corrected chi connectivity index (χ2v) is 9.03. The number of esters is 1. The van der Waals surface area contributed by atoms with Crippen LogP contribution >= 0.6 is 11.3 Å². The first kappa shape index (κ1) is 21.2. The molecule has 5 nitrogen and oxygen atoms in total. The molecule has 0 amide bonds. The number of rotatable bonds is 6. The summed E-state index contributed by atoms with van der Waals surface area (Å²) in [5, 5.41) is 0.949. The molecule has 0 aliphatic carbocycles. The van der Waals surface area contributed by atoms with E-state index < -0.39 is 0 Å². The van der Waals surface area contributed by atoms with Gasteiger partial charge in [-0.15, -0.1) is 11.3 Å². The topological polar surface area (TPSA) is 57.0 Å². The number of hydrogen-bond acceptors (Lipinski definition) is 5. The number of carbonyl (C=O) groups excluding carboxylic acids is 1. The van der Waals surface area contributed by atoms with E-state index in [2.05, 4.69) is 48.5 Å². The van der Waals surface area contributed by atoms with Crippen molar-refractivity contribution in [1.82, 2.24) is 14.5 Å². The summed E-state index contributed by atoms with van der Waals surface area (Å²) in [5.41, 5.74) is 7.40. The molecule has 0 aliphatic heterocycles. The van der Waals surface area contributed by atoms with E-state index >= 15 is 0 Å². The molecule has 2 heterocycles. The summed E-state index contributed by atoms with van der Waals surface area (Å²) < 4.78 is 7.66. The Morgan fingerprint density at radius 3 is 2.65 bits per heavy atom. The Morgan fingerprint density at radius 2 is 1.90 bits per heavy atom. The van der Waals surface area contributed by atoms with Crippen LogP contribution < -0.4 is 0 Å². The zero-order valence-electron chi connectivity index (χ0n) is 18.7. The molecule has 2 aromatic heterocycles. The van der Waals surface area contributed by atoms with Crippen molar-refractivity contribution in [2.75, 3.05) is 0 Å². The monoisotopic (exact) mass is 433 g/mol. The highest BCUT2D eigenvalue weighted by atomic mass is 32.1. The molecular weight excluding hydrogens is 406 g/mol. The van der Waals surface area contributed by atoms with E-state index in [0.29, 0.717) is 0 Å². The summed E-state index contributed by atoms with van der Waals surface area (Å²) >= 11 is 1.57. The zero-order chi connectivity index (χ0) is 22.1. The predicted molar refractivity (Wildman–Crippen MR) is 125 cm³/mol. The Labute approximate surface area is 186 Å². The Balaban J connectivity index is 1.43. The minimum Gasteiger partial charge on any atom is -0.461 e. The first-order valence-corrected chi connectivity index (χ1v) is 11.3. The third-order valence-electron chi connectivity index (χ3n) is 5.56. The van der Waals surface area contributed by atoms with Crippen molar-refractivity contribution < 1.29 is 9.53 Å². The average Bonchev–Trinajstić information content (AvgIpc) is 3.25. The standard InChI is InChI=1S/C25H27N3O2S/c1-6-23-27-20-12-18(8-10-21(20)28(23)5)14-30-24(29)13-22-17(4)26-25(31-22)19-9-7-15(2)11-16(19)3/h7-12H,6,13-14H2,1-5H3. The number of aromatic nitrogens is 3. The van der Waals surface area contributed by atoms with Crippen LogP contribution in [0, 0.1) is 20.8 Å². The van der Waals surface area contributed by atoms with Gasteiger partial charge in [-0.2, -0.15) is 0 Å². The number of carbonyl (C=O) groups is 1. The summed E-state index contributed by atoms with van der Waals surface area (Å²) in [7, 11) is 2.03. The molecule has 0 saturated carbocycles. The highest BCUT2D eigenvalue weighted by Crippen LogP contribution is 2.31. The van der Waals surface area contributed by atoms with Gasteiger partial charge in [0.2, 0.25) is 0 Å². The summed E-state index contributed by atoms with van der Waals surface area (Å²) in [5.74, 6) is 0.804. The van der Waals surface area contributed by atoms with E-state index in [9.17, 15) is 4.79 Å². The molecule has 6 heteroatoms. The summed E-state index contributed by atoms with van der Waals surface area (Å²) in [6, 6.07) is 12.4. The molecule has 0 unspecified atom stereocenters. The van der Waals surface area contributed by atoms with E-state index in [1.165, 1.54) is 11.1 Å². The molecular formula is C25H27N3O2S. The number of benzene rings is 2. The third-order valence-corrected chi connectivity index (χ3v) is 6.75. The van der Waals surface area contributed by atoms with E-state index in [4.69, 9.17) is 9.72 Å². The van der Waals surface area contributed by atoms with Crippen LogP contribution in [0.2, 0.25) is 0 Å². The number of aryl methyl sites for hydroxylation is 5. The number of fused-ring (bicyclic) bond motifs is 1. The van der Waals surface area contributed by atoms with Crippen molar-refractivity contribution in [3.05, 3.63) is 69.5 Å². The molecule has 0 fully saturated rings. The lowest BCUT2D eigenvalue weighted by Crippen LogP contribution is -2.07. The Morgan fingerprint density at radius 1 is 1.10 bits per heavy atom. The molecule has 0 spiro atoms. The fourth-order valence-electron chi connectivity index (χ4n) is 3.81. The van der Waals surface area contributed by atoms with Crippen molar-refractivity contribution >= 4 is 28.3 Å². The molecule has 0 atom stereocenters. The molecule has 4 aromatic rings. The van der Waals surface area contributed by atoms with Crippen LogP contribution in [0.4, 0.5) is 0 Å². The molecule has 0 N–H and O–H groups in total. The van der Waals surface area contributed by atoms with Crippen molar-refractivity contribution in [3.8, 4) is 10.6 Å². The molecule has 0 radical (unpaired) electrons. The first-order chi connectivity index (χ1) is 14.9. The molecule has 2 aromatic carbocycles. The van der Waals surface area contributed by atoms with Gasteiger partial charge < -0.3 is 9.30 Å². The maximum atomic E-state index is 12.5. The summed E-state index contributed by atoms with van der Waals surface area (Å²) in [4.78, 5) is 22.8. The van der Waals surface area contributed by atoms with Gasteiger partial charge in [0.25, 0.3) is 0 Å². The maximum absolute atomic E-state index is 12.5. The van der Waals surface area contributed by atoms with Gasteiger partial charge in [0.05, 0.1) is 23.1 Å². The SMILES string of the molecule is CCc1nc2cc(COC(=O)Cc3sc(-c4ccc(C)cc4C)nc3C)ccc2n1C. The Kier molecular flexibility index (Phi) is 5.92. The van der Waals surface area contributed by atoms with E-state index in [1.54, 1.807) is 11.3 Å². The maximum Gasteiger partial charge on any atom is 0.311 e. The second-order valence-electron chi connectivity index (χ2n) is 7.95. The van der Waals surface area contributed by atoms with E-state index in [1.807, 2.05) is 32.2 Å². The first-order valence-electron chi connectivity index (χ1n) is 10.5. The lowest BCUT2D eigenvalue weighted by Gasteiger charge is -2.05. The van der Waals surface area contributed by atoms with Crippen LogP contribution in [0.25, 0.3) is 21.6 Å². The van der Waals surface area contributed by atoms with Crippen LogP contribution in [0.5, 0.6) is 0 Å². The van der Waals surface area contributed by atoms with Crippen molar-refractivity contribution in [2.45, 2.75) is 47.1 Å². The van der Waals surface area contributed by atoms with Crippen molar-refractivity contribution in [3.63, 3.8) is 0 Å². The van der Waals surface area contributed by atoms with Gasteiger partial charge in [0.15, 0.2) is 0 Å². The van der Waals surface area contributed by atoms with E-state index in [0.717, 1.165) is 50.0 Å². The van der Waals surface area contributed by atoms with Gasteiger partial charge in [0, 0.05) is 23.9 Å². The smallest absolute Gasteiger partial charge is 0.311 e. The quantitative estimate of drug-likeness (QED) is 0.378. The van der Waals surface area contributed by atoms with Crippen LogP contribution in [-0.4, -0.2) is 20.5 Å². The largest absolute Gasteiger partial charge is 0.461 e. The van der Waals surface area contributed by atoms with Crippen LogP contribution in [0.1, 0.15) is 40.0 Å². The fraction of sp³-hybridized carbons (Fsp3) is 0.320. The summed E-state index contributed by atoms with van der Waals surface area (Å²) in [6.07, 6.45) is 1.12. The average molecular weight is 434 g/mol. The lowest BCUT2D eigenvalue weighted by molar-refractivity contribution is -0.144. The van der Waals surface area contributed by atoms with Gasteiger partial charge in [-0.05, 0) is 44.0 Å². The Hall–Kier alpha value is -2.99. The summed E-state index contributed by atoms with van der Waals surface area (Å²) in [6.45, 7) is 8.46. The third kappa shape index (κ3) is 4.39. The highest BCUT2D eigenvalue weighted by molar-refractivity contribution is 7.15. The Bertz CT molecular complexity index is 1270. The van der Waals surface area contributed by atoms with Gasteiger partial charge in [-0.25, -0.2) is 9.97 Å². The molecule has 31 heavy (non-hydrogen) atoms. The van der Waals surface area contributed by atoms with Crippen LogP contribution in [-0.2, 0) is 36.0 Å². The van der Waals surface area contributed by atoms with E-state index in [-0.39, 0.29) is 19.0 Å². The minimum absolute atomic E-state index is 0.236. The van der Waals surface area contributed by atoms with Gasteiger partial charge in [-0.3, -0.25) is 4.79 Å². The molecule has 0 bridgehead atoms. The number of ether oxygens (including phenoxy) is 1. The van der Waals surface area contributed by atoms with Gasteiger partial charge in [0.1, 0.15) is 17.4 Å². The van der Waals surface area contributed by atoms with Crippen LogP contribution in [0.15, 0.2) is 36.4 Å². The molecule has 4 rings (SSSR count). The number of hydrogen-bond donors (Lipinski definition) is 0. The van der Waals surface area contributed by atoms with Gasteiger partial charge in [-0.1, -0.05) is 36.8 Å². The lowest BCUT2D eigenvalue weighted by atomic mass is 10.1. The van der Waals surface area contributed by atoms with Crippen molar-refractivity contribution in [1.29, 1.82) is 0 Å². The fourth-order valence-corrected chi connectivity index (χ4v) is 4.95.